The van der Waals surface area contributed by atoms with Crippen LogP contribution in [0, 0.1) is 18.6 Å². The van der Waals surface area contributed by atoms with E-state index in [9.17, 15) is 13.6 Å². The van der Waals surface area contributed by atoms with E-state index in [1.807, 2.05) is 41.6 Å². The fourth-order valence-electron chi connectivity index (χ4n) is 4.43. The molecule has 0 spiro atoms. The average Bonchev–Trinajstić information content (AvgIpc) is 3.44. The summed E-state index contributed by atoms with van der Waals surface area (Å²) in [5.74, 6) is -1.93. The van der Waals surface area contributed by atoms with E-state index in [2.05, 4.69) is 15.3 Å². The largest absolute Gasteiger partial charge is 0.382 e. The number of carbonyl (C=O) groups is 1. The molecule has 0 saturated carbocycles. The topological polar surface area (TPSA) is 101 Å². The molecule has 0 bridgehead atoms. The third kappa shape index (κ3) is 4.32. The molecule has 4 heterocycles. The van der Waals surface area contributed by atoms with Gasteiger partial charge in [-0.3, -0.25) is 9.69 Å². The molecule has 0 aliphatic carbocycles. The lowest BCUT2D eigenvalue weighted by molar-refractivity contribution is -0.125. The molecule has 3 aromatic heterocycles. The van der Waals surface area contributed by atoms with E-state index in [4.69, 9.17) is 10.7 Å². The van der Waals surface area contributed by atoms with Gasteiger partial charge in [-0.25, -0.2) is 23.7 Å². The molecule has 1 aliphatic rings. The second kappa shape index (κ2) is 9.03. The molecule has 0 radical (unpaired) electrons. The number of aromatic nitrogens is 4. The Hall–Kier alpha value is -3.92. The molecular formula is C25H25F2N7O. The number of nitrogens with zero attached hydrogens (tertiary/aromatic N) is 5. The van der Waals surface area contributed by atoms with Crippen LogP contribution in [-0.4, -0.2) is 49.8 Å². The molecule has 1 atom stereocenters. The minimum absolute atomic E-state index is 0.0899. The number of imidazole rings is 1. The van der Waals surface area contributed by atoms with Gasteiger partial charge >= 0.3 is 0 Å². The maximum atomic E-state index is 14.1. The van der Waals surface area contributed by atoms with Crippen LogP contribution in [-0.2, 0) is 11.3 Å². The predicted octanol–water partition coefficient (Wildman–Crippen LogP) is 3.34. The van der Waals surface area contributed by atoms with Gasteiger partial charge in [-0.1, -0.05) is 0 Å². The summed E-state index contributed by atoms with van der Waals surface area (Å²) in [7, 11) is 1.92. The molecule has 1 aliphatic heterocycles. The summed E-state index contributed by atoms with van der Waals surface area (Å²) < 4.78 is 29.6. The highest BCUT2D eigenvalue weighted by atomic mass is 19.2. The highest BCUT2D eigenvalue weighted by Crippen LogP contribution is 2.32. The number of hydrogen-bond acceptors (Lipinski definition) is 6. The lowest BCUT2D eigenvalue weighted by Gasteiger charge is -2.19. The van der Waals surface area contributed by atoms with Crippen molar-refractivity contribution in [2.75, 3.05) is 19.3 Å². The van der Waals surface area contributed by atoms with Gasteiger partial charge in [0.05, 0.1) is 24.0 Å². The predicted molar refractivity (Wildman–Crippen MR) is 128 cm³/mol. The summed E-state index contributed by atoms with van der Waals surface area (Å²) in [4.78, 5) is 28.3. The molecule has 5 rings (SSSR count). The molecule has 8 nitrogen and oxygen atoms in total. The minimum Gasteiger partial charge on any atom is -0.382 e. The number of likely N-dealkylation sites (tertiary alicyclic amines) is 1. The van der Waals surface area contributed by atoms with Crippen molar-refractivity contribution >= 4 is 17.4 Å². The van der Waals surface area contributed by atoms with Crippen LogP contribution in [0.5, 0.6) is 0 Å². The Balaban J connectivity index is 1.57. The number of pyridine rings is 1. The first-order valence-corrected chi connectivity index (χ1v) is 11.4. The van der Waals surface area contributed by atoms with Crippen molar-refractivity contribution in [2.24, 2.45) is 0 Å². The summed E-state index contributed by atoms with van der Waals surface area (Å²) in [6.45, 7) is 2.90. The summed E-state index contributed by atoms with van der Waals surface area (Å²) in [6.07, 6.45) is 5.38. The van der Waals surface area contributed by atoms with E-state index in [0.29, 0.717) is 28.2 Å². The van der Waals surface area contributed by atoms with Crippen LogP contribution in [0.3, 0.4) is 0 Å². The zero-order valence-corrected chi connectivity index (χ0v) is 19.4. The fourth-order valence-corrected chi connectivity index (χ4v) is 4.43. The van der Waals surface area contributed by atoms with Crippen molar-refractivity contribution in [3.63, 3.8) is 0 Å². The van der Waals surface area contributed by atoms with Gasteiger partial charge < -0.3 is 15.5 Å². The standard InChI is InChI=1S/C25H25F2N7O/c1-14-11-29-21-8-6-16(13-34(14)21)23-22(15-5-7-17(26)18(27)10-15)32-24(28)19(31-23)12-30-25(35)20-4-3-9-33(20)2/h5-8,10-11,13,20H,3-4,9,12H2,1-2H3,(H2,28,32)(H,30,35)/t20-/m1/s1. The van der Waals surface area contributed by atoms with E-state index in [1.54, 1.807) is 6.20 Å². The molecule has 1 amide bonds. The van der Waals surface area contributed by atoms with E-state index in [0.717, 1.165) is 42.9 Å². The van der Waals surface area contributed by atoms with Crippen molar-refractivity contribution in [3.05, 3.63) is 65.7 Å². The Morgan fingerprint density at radius 3 is 2.66 bits per heavy atom. The van der Waals surface area contributed by atoms with Crippen LogP contribution < -0.4 is 11.1 Å². The molecule has 10 heteroatoms. The summed E-state index contributed by atoms with van der Waals surface area (Å²) >= 11 is 0. The SMILES string of the molecule is Cc1cnc2ccc(-c3nc(CNC(=O)[C@H]4CCCN4C)c(N)nc3-c3ccc(F)c(F)c3)cn12. The van der Waals surface area contributed by atoms with Crippen molar-refractivity contribution in [3.8, 4) is 22.5 Å². The van der Waals surface area contributed by atoms with E-state index < -0.39 is 11.6 Å². The van der Waals surface area contributed by atoms with Gasteiger partial charge in [0, 0.05) is 29.2 Å². The number of nitrogens with two attached hydrogens (primary N) is 1. The van der Waals surface area contributed by atoms with Crippen LogP contribution in [0.1, 0.15) is 24.2 Å². The van der Waals surface area contributed by atoms with Gasteiger partial charge in [-0.15, -0.1) is 0 Å². The lowest BCUT2D eigenvalue weighted by atomic mass is 10.0. The summed E-state index contributed by atoms with van der Waals surface area (Å²) in [5, 5.41) is 2.91. The Morgan fingerprint density at radius 1 is 1.14 bits per heavy atom. The highest BCUT2D eigenvalue weighted by Gasteiger charge is 2.28. The number of nitrogens with one attached hydrogen (secondary N) is 1. The monoisotopic (exact) mass is 477 g/mol. The number of carbonyl (C=O) groups excluding carboxylic acids is 1. The number of rotatable bonds is 5. The number of anilines is 1. The molecular weight excluding hydrogens is 452 g/mol. The minimum atomic E-state index is -0.994. The average molecular weight is 478 g/mol. The van der Waals surface area contributed by atoms with Crippen molar-refractivity contribution in [2.45, 2.75) is 32.4 Å². The van der Waals surface area contributed by atoms with Crippen LogP contribution in [0.2, 0.25) is 0 Å². The smallest absolute Gasteiger partial charge is 0.237 e. The lowest BCUT2D eigenvalue weighted by Crippen LogP contribution is -2.41. The molecule has 0 unspecified atom stereocenters. The van der Waals surface area contributed by atoms with Gasteiger partial charge in [-0.2, -0.15) is 0 Å². The third-order valence-electron chi connectivity index (χ3n) is 6.41. The maximum Gasteiger partial charge on any atom is 0.237 e. The van der Waals surface area contributed by atoms with Crippen molar-refractivity contribution < 1.29 is 13.6 Å². The molecule has 1 saturated heterocycles. The summed E-state index contributed by atoms with van der Waals surface area (Å²) in [6, 6.07) is 7.04. The van der Waals surface area contributed by atoms with Crippen molar-refractivity contribution in [1.29, 1.82) is 0 Å². The summed E-state index contributed by atoms with van der Waals surface area (Å²) in [5.41, 5.74) is 10.1. The van der Waals surface area contributed by atoms with E-state index in [1.165, 1.54) is 6.07 Å². The highest BCUT2D eigenvalue weighted by molar-refractivity contribution is 5.82. The van der Waals surface area contributed by atoms with Gasteiger partial charge in [0.2, 0.25) is 5.91 Å². The van der Waals surface area contributed by atoms with Crippen molar-refractivity contribution in [1.82, 2.24) is 29.6 Å². The van der Waals surface area contributed by atoms with Crippen LogP contribution in [0.25, 0.3) is 28.2 Å². The first-order chi connectivity index (χ1) is 16.8. The molecule has 4 aromatic rings. The second-order valence-corrected chi connectivity index (χ2v) is 8.78. The fraction of sp³-hybridized carbons (Fsp3) is 0.280. The number of fused-ring (bicyclic) bond motifs is 1. The Morgan fingerprint density at radius 2 is 1.91 bits per heavy atom. The molecule has 3 N–H and O–H groups in total. The second-order valence-electron chi connectivity index (χ2n) is 8.78. The first-order valence-electron chi connectivity index (χ1n) is 11.4. The Labute approximate surface area is 200 Å². The van der Waals surface area contributed by atoms with Crippen LogP contribution >= 0.6 is 0 Å². The number of benzene rings is 1. The molecule has 1 fully saturated rings. The van der Waals surface area contributed by atoms with E-state index >= 15 is 0 Å². The number of aryl methyl sites for hydroxylation is 1. The van der Waals surface area contributed by atoms with Gasteiger partial charge in [0.25, 0.3) is 0 Å². The zero-order chi connectivity index (χ0) is 24.7. The number of amides is 1. The Bertz CT molecular complexity index is 1440. The number of halogens is 2. The van der Waals surface area contributed by atoms with Gasteiger partial charge in [0.15, 0.2) is 11.6 Å². The van der Waals surface area contributed by atoms with Crippen LogP contribution in [0.4, 0.5) is 14.6 Å². The first kappa shape index (κ1) is 22.9. The van der Waals surface area contributed by atoms with E-state index in [-0.39, 0.29) is 24.3 Å². The number of nitrogen functional groups attached to an aromatic ring is 1. The normalized spacial score (nSPS) is 16.2. The number of likely N-dealkylation sites (N-methyl/N-ethyl adjacent to an activating group) is 1. The zero-order valence-electron chi connectivity index (χ0n) is 19.4. The molecule has 35 heavy (non-hydrogen) atoms. The third-order valence-corrected chi connectivity index (χ3v) is 6.41. The maximum absolute atomic E-state index is 14.1. The number of hydrogen-bond donors (Lipinski definition) is 2. The van der Waals surface area contributed by atoms with Gasteiger partial charge in [0.1, 0.15) is 17.2 Å². The van der Waals surface area contributed by atoms with Crippen LogP contribution in [0.15, 0.2) is 42.7 Å². The molecule has 180 valence electrons. The van der Waals surface area contributed by atoms with Gasteiger partial charge in [-0.05, 0) is 63.7 Å². The molecule has 1 aromatic carbocycles. The quantitative estimate of drug-likeness (QED) is 0.457. The Kier molecular flexibility index (Phi) is 5.89.